The van der Waals surface area contributed by atoms with Gasteiger partial charge in [-0.05, 0) is 32.1 Å². The van der Waals surface area contributed by atoms with Crippen LogP contribution in [0.2, 0.25) is 0 Å². The van der Waals surface area contributed by atoms with Gasteiger partial charge in [-0.1, -0.05) is 52.0 Å². The van der Waals surface area contributed by atoms with Crippen molar-refractivity contribution in [3.05, 3.63) is 12.7 Å². The Balaban J connectivity index is 3.26. The maximum atomic E-state index is 11.6. The number of hydrogen-bond acceptors (Lipinski definition) is 2. The summed E-state index contributed by atoms with van der Waals surface area (Å²) in [5.41, 5.74) is 0. The minimum absolute atomic E-state index is 0.00516. The van der Waals surface area contributed by atoms with E-state index in [2.05, 4.69) is 6.58 Å². The molecule has 0 unspecified atom stereocenters. The highest BCUT2D eigenvalue weighted by molar-refractivity contribution is 5.72. The van der Waals surface area contributed by atoms with E-state index < -0.39 is 0 Å². The zero-order valence-corrected chi connectivity index (χ0v) is 13.0. The molecule has 112 valence electrons. The summed E-state index contributed by atoms with van der Waals surface area (Å²) < 4.78 is 5.30. The molecule has 0 radical (unpaired) electrons. The van der Waals surface area contributed by atoms with Crippen LogP contribution in [0.4, 0.5) is 0 Å². The number of carbonyl (C=O) groups is 1. The molecule has 0 aliphatic rings. The predicted octanol–water partition coefficient (Wildman–Crippen LogP) is 5.27. The van der Waals surface area contributed by atoms with Crippen molar-refractivity contribution in [1.82, 2.24) is 0 Å². The SMILES string of the molecule is C=CCCCCCCCCCOC(=O)C(CC)CC. The lowest BCUT2D eigenvalue weighted by Gasteiger charge is -2.11. The summed E-state index contributed by atoms with van der Waals surface area (Å²) in [6.45, 7) is 8.42. The standard InChI is InChI=1S/C17H32O2/c1-4-7-8-9-10-11-12-13-14-15-19-17(18)16(5-2)6-3/h4,16H,1,5-15H2,2-3H3. The molecule has 0 atom stereocenters. The number of esters is 1. The summed E-state index contributed by atoms with van der Waals surface area (Å²) in [5.74, 6) is 0.0966. The van der Waals surface area contributed by atoms with Crippen LogP contribution in [0.15, 0.2) is 12.7 Å². The zero-order chi connectivity index (χ0) is 14.3. The minimum Gasteiger partial charge on any atom is -0.465 e. The molecule has 2 nitrogen and oxygen atoms in total. The summed E-state index contributed by atoms with van der Waals surface area (Å²) in [7, 11) is 0. The largest absolute Gasteiger partial charge is 0.465 e. The van der Waals surface area contributed by atoms with E-state index in [1.54, 1.807) is 0 Å². The first-order valence-corrected chi connectivity index (χ1v) is 8.03. The van der Waals surface area contributed by atoms with Crippen molar-refractivity contribution in [3.63, 3.8) is 0 Å². The predicted molar refractivity (Wildman–Crippen MR) is 82.2 cm³/mol. The molecular weight excluding hydrogens is 236 g/mol. The molecule has 0 heterocycles. The Hall–Kier alpha value is -0.790. The van der Waals surface area contributed by atoms with Crippen LogP contribution < -0.4 is 0 Å². The third kappa shape index (κ3) is 10.8. The van der Waals surface area contributed by atoms with Gasteiger partial charge in [-0.3, -0.25) is 4.79 Å². The summed E-state index contributed by atoms with van der Waals surface area (Å²) in [5, 5.41) is 0. The first kappa shape index (κ1) is 18.2. The van der Waals surface area contributed by atoms with Crippen LogP contribution in [0.5, 0.6) is 0 Å². The highest BCUT2D eigenvalue weighted by Crippen LogP contribution is 2.11. The Morgan fingerprint density at radius 2 is 1.53 bits per heavy atom. The monoisotopic (exact) mass is 268 g/mol. The van der Waals surface area contributed by atoms with Gasteiger partial charge in [-0.15, -0.1) is 6.58 Å². The molecule has 0 aromatic heterocycles. The minimum atomic E-state index is -0.00516. The van der Waals surface area contributed by atoms with Gasteiger partial charge in [-0.2, -0.15) is 0 Å². The van der Waals surface area contributed by atoms with Crippen LogP contribution in [0.1, 0.15) is 78.1 Å². The van der Waals surface area contributed by atoms with Crippen LogP contribution in [-0.4, -0.2) is 12.6 Å². The Labute approximate surface area is 119 Å². The van der Waals surface area contributed by atoms with E-state index in [1.807, 2.05) is 19.9 Å². The maximum absolute atomic E-state index is 11.6. The van der Waals surface area contributed by atoms with E-state index in [0.29, 0.717) is 6.61 Å². The number of ether oxygens (including phenoxy) is 1. The van der Waals surface area contributed by atoms with Crippen LogP contribution in [0.3, 0.4) is 0 Å². The van der Waals surface area contributed by atoms with Gasteiger partial charge in [0.25, 0.3) is 0 Å². The molecule has 0 spiro atoms. The number of allylic oxidation sites excluding steroid dienone is 1. The van der Waals surface area contributed by atoms with Gasteiger partial charge in [0.2, 0.25) is 0 Å². The van der Waals surface area contributed by atoms with Gasteiger partial charge in [-0.25, -0.2) is 0 Å². The Morgan fingerprint density at radius 3 is 2.05 bits per heavy atom. The van der Waals surface area contributed by atoms with Gasteiger partial charge in [0, 0.05) is 0 Å². The summed E-state index contributed by atoms with van der Waals surface area (Å²) in [6.07, 6.45) is 13.6. The van der Waals surface area contributed by atoms with Gasteiger partial charge < -0.3 is 4.74 Å². The lowest BCUT2D eigenvalue weighted by Crippen LogP contribution is -2.16. The van der Waals surface area contributed by atoms with Crippen molar-refractivity contribution in [2.24, 2.45) is 5.92 Å². The van der Waals surface area contributed by atoms with Crippen molar-refractivity contribution in [3.8, 4) is 0 Å². The fraction of sp³-hybridized carbons (Fsp3) is 0.824. The molecule has 0 aliphatic carbocycles. The molecule has 19 heavy (non-hydrogen) atoms. The second-order valence-corrected chi connectivity index (χ2v) is 5.23. The fourth-order valence-corrected chi connectivity index (χ4v) is 2.19. The molecule has 0 amide bonds. The molecule has 0 aromatic carbocycles. The molecule has 0 saturated heterocycles. The smallest absolute Gasteiger partial charge is 0.308 e. The molecule has 0 aliphatic heterocycles. The van der Waals surface area contributed by atoms with Crippen LogP contribution in [0.25, 0.3) is 0 Å². The topological polar surface area (TPSA) is 26.3 Å². The van der Waals surface area contributed by atoms with Crippen LogP contribution in [0, 0.1) is 5.92 Å². The summed E-state index contributed by atoms with van der Waals surface area (Å²) >= 11 is 0. The van der Waals surface area contributed by atoms with Gasteiger partial charge in [0.1, 0.15) is 0 Å². The molecule has 0 N–H and O–H groups in total. The zero-order valence-electron chi connectivity index (χ0n) is 13.0. The molecule has 0 aromatic rings. The van der Waals surface area contributed by atoms with E-state index in [-0.39, 0.29) is 11.9 Å². The van der Waals surface area contributed by atoms with E-state index >= 15 is 0 Å². The average molecular weight is 268 g/mol. The van der Waals surface area contributed by atoms with Crippen LogP contribution in [-0.2, 0) is 9.53 Å². The first-order valence-electron chi connectivity index (χ1n) is 8.03. The number of hydrogen-bond donors (Lipinski definition) is 0. The number of carbonyl (C=O) groups excluding carboxylic acids is 1. The molecule has 0 rings (SSSR count). The molecule has 0 bridgehead atoms. The third-order valence-electron chi connectivity index (χ3n) is 3.62. The fourth-order valence-electron chi connectivity index (χ4n) is 2.19. The normalized spacial score (nSPS) is 10.7. The Morgan fingerprint density at radius 1 is 1.00 bits per heavy atom. The Kier molecular flexibility index (Phi) is 13.1. The molecular formula is C17H32O2. The number of unbranched alkanes of at least 4 members (excludes halogenated alkanes) is 7. The van der Waals surface area contributed by atoms with Gasteiger partial charge in [0.05, 0.1) is 12.5 Å². The van der Waals surface area contributed by atoms with E-state index in [0.717, 1.165) is 25.7 Å². The first-order chi connectivity index (χ1) is 9.26. The van der Waals surface area contributed by atoms with Crippen molar-refractivity contribution in [1.29, 1.82) is 0 Å². The van der Waals surface area contributed by atoms with E-state index in [4.69, 9.17) is 4.74 Å². The highest BCUT2D eigenvalue weighted by Gasteiger charge is 2.14. The third-order valence-corrected chi connectivity index (χ3v) is 3.62. The maximum Gasteiger partial charge on any atom is 0.308 e. The lowest BCUT2D eigenvalue weighted by molar-refractivity contribution is -0.148. The second kappa shape index (κ2) is 13.6. The van der Waals surface area contributed by atoms with Gasteiger partial charge in [0.15, 0.2) is 0 Å². The van der Waals surface area contributed by atoms with Crippen LogP contribution >= 0.6 is 0 Å². The quantitative estimate of drug-likeness (QED) is 0.258. The molecule has 0 saturated carbocycles. The summed E-state index contributed by atoms with van der Waals surface area (Å²) in [6, 6.07) is 0. The Bertz CT molecular complexity index is 219. The molecule has 0 fully saturated rings. The van der Waals surface area contributed by atoms with E-state index in [1.165, 1.54) is 38.5 Å². The average Bonchev–Trinajstić information content (AvgIpc) is 2.42. The summed E-state index contributed by atoms with van der Waals surface area (Å²) in [4.78, 5) is 11.6. The second-order valence-electron chi connectivity index (χ2n) is 5.23. The highest BCUT2D eigenvalue weighted by atomic mass is 16.5. The van der Waals surface area contributed by atoms with Crippen molar-refractivity contribution in [2.75, 3.05) is 6.61 Å². The van der Waals surface area contributed by atoms with Crippen molar-refractivity contribution >= 4 is 5.97 Å². The van der Waals surface area contributed by atoms with Crippen molar-refractivity contribution in [2.45, 2.75) is 78.1 Å². The lowest BCUT2D eigenvalue weighted by atomic mass is 10.0. The van der Waals surface area contributed by atoms with Crippen molar-refractivity contribution < 1.29 is 9.53 Å². The van der Waals surface area contributed by atoms with E-state index in [9.17, 15) is 4.79 Å². The van der Waals surface area contributed by atoms with Gasteiger partial charge >= 0.3 is 5.97 Å². The molecule has 2 heteroatoms. The number of rotatable bonds is 13.